The van der Waals surface area contributed by atoms with Gasteiger partial charge in [0.15, 0.2) is 6.10 Å². The molecule has 0 aliphatic carbocycles. The summed E-state index contributed by atoms with van der Waals surface area (Å²) >= 11 is 0. The maximum Gasteiger partial charge on any atom is 0.306 e. The number of quaternary nitrogens is 1. The molecule has 0 aliphatic heterocycles. The van der Waals surface area contributed by atoms with Gasteiger partial charge in [0.2, 0.25) is 0 Å². The van der Waals surface area contributed by atoms with Crippen molar-refractivity contribution in [2.75, 3.05) is 47.5 Å². The summed E-state index contributed by atoms with van der Waals surface area (Å²) in [7, 11) is 1.17. The number of likely N-dealkylation sites (N-methyl/N-ethyl adjacent to an activating group) is 1. The van der Waals surface area contributed by atoms with Crippen LogP contribution in [0.2, 0.25) is 0 Å². The van der Waals surface area contributed by atoms with E-state index in [0.717, 1.165) is 44.9 Å². The minimum absolute atomic E-state index is 0.0269. The molecule has 10 heteroatoms. The Morgan fingerprint density at radius 2 is 1.05 bits per heavy atom. The van der Waals surface area contributed by atoms with Crippen molar-refractivity contribution in [3.63, 3.8) is 0 Å². The SMILES string of the molecule is CCCCCCCCCCCCCCCC(=O)OC[C@H](COP(=O)([O-])OCC[N+](C)(C)C)OC(=O)CCCCCCCC. The number of hydrogen-bond donors (Lipinski definition) is 0. The monoisotopic (exact) mass is 635 g/mol. The second-order valence-corrected chi connectivity index (χ2v) is 14.3. The van der Waals surface area contributed by atoms with Gasteiger partial charge in [0, 0.05) is 12.8 Å². The summed E-state index contributed by atoms with van der Waals surface area (Å²) in [6.07, 6.45) is 21.6. The van der Waals surface area contributed by atoms with Gasteiger partial charge < -0.3 is 27.9 Å². The van der Waals surface area contributed by atoms with E-state index in [0.29, 0.717) is 17.4 Å². The molecule has 0 radical (unpaired) electrons. The molecule has 256 valence electrons. The third kappa shape index (κ3) is 30.8. The molecule has 0 heterocycles. The molecule has 0 spiro atoms. The molecule has 9 nitrogen and oxygen atoms in total. The number of ether oxygens (including phenoxy) is 2. The maximum atomic E-state index is 12.4. The van der Waals surface area contributed by atoms with Crippen molar-refractivity contribution in [3.8, 4) is 0 Å². The lowest BCUT2D eigenvalue weighted by Crippen LogP contribution is -2.37. The van der Waals surface area contributed by atoms with Crippen LogP contribution in [0.3, 0.4) is 0 Å². The summed E-state index contributed by atoms with van der Waals surface area (Å²) in [5, 5.41) is 0. The van der Waals surface area contributed by atoms with Gasteiger partial charge in [-0.3, -0.25) is 14.2 Å². The molecule has 0 saturated carbocycles. The molecule has 2 atom stereocenters. The van der Waals surface area contributed by atoms with Crippen molar-refractivity contribution in [1.29, 1.82) is 0 Å². The molecule has 0 saturated heterocycles. The zero-order chi connectivity index (χ0) is 32.2. The maximum absolute atomic E-state index is 12.4. The number of esters is 2. The van der Waals surface area contributed by atoms with Gasteiger partial charge >= 0.3 is 11.9 Å². The number of carbonyl (C=O) groups is 2. The first-order chi connectivity index (χ1) is 20.5. The topological polar surface area (TPSA) is 111 Å². The Hall–Kier alpha value is -0.990. The van der Waals surface area contributed by atoms with Crippen LogP contribution in [-0.4, -0.2) is 70.0 Å². The van der Waals surface area contributed by atoms with Crippen molar-refractivity contribution >= 4 is 19.8 Å². The largest absolute Gasteiger partial charge is 0.756 e. The molecule has 0 bridgehead atoms. The van der Waals surface area contributed by atoms with Crippen LogP contribution < -0.4 is 4.89 Å². The minimum Gasteiger partial charge on any atom is -0.756 e. The van der Waals surface area contributed by atoms with Crippen LogP contribution in [0.25, 0.3) is 0 Å². The molecular weight excluding hydrogens is 569 g/mol. The van der Waals surface area contributed by atoms with Crippen LogP contribution in [0, 0.1) is 0 Å². The van der Waals surface area contributed by atoms with E-state index in [4.69, 9.17) is 18.5 Å². The molecule has 0 aromatic heterocycles. The van der Waals surface area contributed by atoms with E-state index in [1.54, 1.807) is 0 Å². The quantitative estimate of drug-likeness (QED) is 0.0327. The number of hydrogen-bond acceptors (Lipinski definition) is 8. The molecular formula is C33H66NO8P. The Morgan fingerprint density at radius 1 is 0.628 bits per heavy atom. The fourth-order valence-electron chi connectivity index (χ4n) is 4.59. The molecule has 0 N–H and O–H groups in total. The number of rotatable bonds is 31. The third-order valence-electron chi connectivity index (χ3n) is 7.38. The summed E-state index contributed by atoms with van der Waals surface area (Å²) in [5.74, 6) is -0.840. The molecule has 0 fully saturated rings. The van der Waals surface area contributed by atoms with Gasteiger partial charge in [0.05, 0.1) is 27.7 Å². The van der Waals surface area contributed by atoms with Crippen molar-refractivity contribution in [2.24, 2.45) is 0 Å². The summed E-state index contributed by atoms with van der Waals surface area (Å²) in [6, 6.07) is 0. The zero-order valence-electron chi connectivity index (χ0n) is 28.4. The van der Waals surface area contributed by atoms with Gasteiger partial charge in [0.1, 0.15) is 19.8 Å². The molecule has 0 aromatic rings. The highest BCUT2D eigenvalue weighted by Gasteiger charge is 2.21. The first-order valence-corrected chi connectivity index (χ1v) is 18.7. The van der Waals surface area contributed by atoms with Crippen LogP contribution in [-0.2, 0) is 32.7 Å². The van der Waals surface area contributed by atoms with Crippen molar-refractivity contribution < 1.29 is 42.1 Å². The van der Waals surface area contributed by atoms with Gasteiger partial charge in [-0.25, -0.2) is 0 Å². The lowest BCUT2D eigenvalue weighted by molar-refractivity contribution is -0.870. The Morgan fingerprint density at radius 3 is 1.49 bits per heavy atom. The smallest absolute Gasteiger partial charge is 0.306 e. The van der Waals surface area contributed by atoms with E-state index >= 15 is 0 Å². The Labute approximate surface area is 264 Å². The number of carbonyl (C=O) groups excluding carboxylic acids is 2. The van der Waals surface area contributed by atoms with Crippen LogP contribution >= 0.6 is 7.82 Å². The van der Waals surface area contributed by atoms with Gasteiger partial charge in [-0.1, -0.05) is 123 Å². The minimum atomic E-state index is -4.60. The van der Waals surface area contributed by atoms with Gasteiger partial charge in [0.25, 0.3) is 7.82 Å². The predicted molar refractivity (Wildman–Crippen MR) is 172 cm³/mol. The lowest BCUT2D eigenvalue weighted by atomic mass is 10.0. The van der Waals surface area contributed by atoms with E-state index < -0.39 is 26.5 Å². The third-order valence-corrected chi connectivity index (χ3v) is 8.34. The molecule has 0 aromatic carbocycles. The molecule has 1 unspecified atom stereocenters. The summed E-state index contributed by atoms with van der Waals surface area (Å²) in [6.45, 7) is 4.14. The van der Waals surface area contributed by atoms with Gasteiger partial charge in [-0.2, -0.15) is 0 Å². The Balaban J connectivity index is 4.37. The fourth-order valence-corrected chi connectivity index (χ4v) is 5.32. The van der Waals surface area contributed by atoms with E-state index in [1.165, 1.54) is 70.6 Å². The number of phosphoric acid groups is 1. The predicted octanol–water partition coefficient (Wildman–Crippen LogP) is 7.88. The molecule has 0 amide bonds. The van der Waals surface area contributed by atoms with Crippen LogP contribution in [0.4, 0.5) is 0 Å². The lowest BCUT2D eigenvalue weighted by Gasteiger charge is -2.28. The number of unbranched alkanes of at least 4 members (excludes halogenated alkanes) is 17. The van der Waals surface area contributed by atoms with E-state index in [-0.39, 0.29) is 32.0 Å². The Kier molecular flexibility index (Phi) is 26.7. The standard InChI is InChI=1S/C33H66NO8P/c1-6-8-10-12-14-15-16-17-18-19-20-22-23-25-32(35)39-29-31(42-33(36)26-24-21-13-11-9-7-2)30-41-43(37,38)40-28-27-34(3,4)5/h31H,6-30H2,1-5H3/t31-/m1/s1. The number of phosphoric ester groups is 1. The average Bonchev–Trinajstić information content (AvgIpc) is 2.93. The fraction of sp³-hybridized carbons (Fsp3) is 0.939. The normalized spacial score (nSPS) is 13.9. The Bertz CT molecular complexity index is 728. The van der Waals surface area contributed by atoms with E-state index in [9.17, 15) is 19.0 Å². The highest BCUT2D eigenvalue weighted by Crippen LogP contribution is 2.38. The molecule has 0 aliphatic rings. The highest BCUT2D eigenvalue weighted by atomic mass is 31.2. The summed E-state index contributed by atoms with van der Waals surface area (Å²) < 4.78 is 33.5. The molecule has 43 heavy (non-hydrogen) atoms. The second kappa shape index (κ2) is 27.3. The van der Waals surface area contributed by atoms with Gasteiger partial charge in [-0.15, -0.1) is 0 Å². The summed E-state index contributed by atoms with van der Waals surface area (Å²) in [5.41, 5.74) is 0. The first kappa shape index (κ1) is 42.0. The number of nitrogens with zero attached hydrogens (tertiary/aromatic N) is 1. The van der Waals surface area contributed by atoms with Gasteiger partial charge in [-0.05, 0) is 12.8 Å². The van der Waals surface area contributed by atoms with E-state index in [1.807, 2.05) is 21.1 Å². The van der Waals surface area contributed by atoms with Crippen LogP contribution in [0.1, 0.15) is 149 Å². The zero-order valence-corrected chi connectivity index (χ0v) is 29.3. The van der Waals surface area contributed by atoms with Crippen molar-refractivity contribution in [2.45, 2.75) is 155 Å². The van der Waals surface area contributed by atoms with E-state index in [2.05, 4.69) is 13.8 Å². The second-order valence-electron chi connectivity index (χ2n) is 12.9. The van der Waals surface area contributed by atoms with Crippen molar-refractivity contribution in [3.05, 3.63) is 0 Å². The summed E-state index contributed by atoms with van der Waals surface area (Å²) in [4.78, 5) is 36.9. The first-order valence-electron chi connectivity index (χ1n) is 17.2. The van der Waals surface area contributed by atoms with Crippen LogP contribution in [0.5, 0.6) is 0 Å². The molecule has 0 rings (SSSR count). The van der Waals surface area contributed by atoms with Crippen LogP contribution in [0.15, 0.2) is 0 Å². The van der Waals surface area contributed by atoms with Crippen molar-refractivity contribution in [1.82, 2.24) is 0 Å². The average molecular weight is 636 g/mol. The highest BCUT2D eigenvalue weighted by molar-refractivity contribution is 7.45.